The van der Waals surface area contributed by atoms with Crippen molar-refractivity contribution >= 4 is 119 Å². The number of nitrogens with two attached hydrogens (primary N) is 3. The largest absolute Gasteiger partial charge is 0.481 e. The van der Waals surface area contributed by atoms with E-state index in [0.29, 0.717) is 12.8 Å². The van der Waals surface area contributed by atoms with Crippen molar-refractivity contribution in [3.63, 3.8) is 0 Å². The van der Waals surface area contributed by atoms with Crippen LogP contribution in [0.3, 0.4) is 0 Å². The molecule has 2 aliphatic rings. The molecule has 606 valence electrons. The summed E-state index contributed by atoms with van der Waals surface area (Å²) in [5, 5.41) is 105. The summed E-state index contributed by atoms with van der Waals surface area (Å²) < 4.78 is 0. The fourth-order valence-corrected chi connectivity index (χ4v) is 11.1. The number of carbonyl (C=O) groups is 19. The fraction of sp³-hybridized carbons (Fsp3) is 0.683. The maximum absolute atomic E-state index is 14.0. The second-order valence-electron chi connectivity index (χ2n) is 26.5. The molecule has 0 saturated carbocycles. The number of carboxylic acids is 5. The molecule has 2 aliphatic heterocycles. The van der Waals surface area contributed by atoms with Gasteiger partial charge in [0.05, 0.1) is 51.3 Å². The van der Waals surface area contributed by atoms with Crippen LogP contribution >= 0.6 is 0 Å². The summed E-state index contributed by atoms with van der Waals surface area (Å²) in [5.74, 6) is -24.4. The average Bonchev–Trinajstić information content (AvgIpc) is 1.64. The van der Waals surface area contributed by atoms with Gasteiger partial charge in [-0.3, -0.25) is 91.3 Å². The highest BCUT2D eigenvalue weighted by Gasteiger charge is 2.43. The zero-order chi connectivity index (χ0) is 82.0. The van der Waals surface area contributed by atoms with Gasteiger partial charge in [0.25, 0.3) is 0 Å². The molecule has 14 atom stereocenters. The molecule has 2 saturated heterocycles. The first kappa shape index (κ1) is 93.1. The topological polar surface area (TPSA) is 727 Å². The second-order valence-corrected chi connectivity index (χ2v) is 26.5. The van der Waals surface area contributed by atoms with Gasteiger partial charge >= 0.3 is 29.8 Å². The quantitative estimate of drug-likeness (QED) is 0.0153. The maximum Gasteiger partial charge on any atom is 0.326 e. The van der Waals surface area contributed by atoms with E-state index in [1.165, 1.54) is 6.92 Å². The number of nitrogens with one attached hydrogen (secondary N) is 12. The van der Waals surface area contributed by atoms with Crippen LogP contribution in [0.25, 0.3) is 0 Å². The molecule has 0 aliphatic carbocycles. The minimum absolute atomic E-state index is 0.0459. The van der Waals surface area contributed by atoms with Crippen molar-refractivity contribution < 1.29 is 132 Å². The van der Waals surface area contributed by atoms with E-state index < -0.39 is 262 Å². The number of hydrogen-bond acceptors (Lipinski definition) is 24. The Labute approximate surface area is 618 Å². The van der Waals surface area contributed by atoms with Crippen LogP contribution in [0, 0.1) is 11.8 Å². The summed E-state index contributed by atoms with van der Waals surface area (Å²) >= 11 is 0. The summed E-state index contributed by atoms with van der Waals surface area (Å²) in [5.41, 5.74) is 16.8. The number of aliphatic imine (C=N–C) groups is 1. The van der Waals surface area contributed by atoms with Gasteiger partial charge in [0.2, 0.25) is 82.7 Å². The van der Waals surface area contributed by atoms with Crippen LogP contribution in [0.2, 0.25) is 0 Å². The van der Waals surface area contributed by atoms with Crippen molar-refractivity contribution in [1.82, 2.24) is 73.6 Å². The molecule has 2 fully saturated rings. The van der Waals surface area contributed by atoms with Crippen LogP contribution < -0.4 is 81.0 Å². The lowest BCUT2D eigenvalue weighted by molar-refractivity contribution is -0.146. The van der Waals surface area contributed by atoms with Gasteiger partial charge in [0.1, 0.15) is 72.5 Å². The number of amides is 14. The van der Waals surface area contributed by atoms with Crippen LogP contribution in [0.1, 0.15) is 131 Å². The van der Waals surface area contributed by atoms with Crippen LogP contribution in [-0.2, 0) is 91.1 Å². The standard InChI is InChI=1S/C63H102N18O27/c1-28(2)20-32(64)50(95)70-30(5)60(105)80-18-8-11-41(80)59(104)78-40(27-83)57(102)75-36(22-47(91)92)52(97)69-24-43(85)71-35(14-16-46(89)90)53(98)74-34(13-15-45(87)88)51(96)68-25-44(86)72-39(26-82)56(101)76-37(23-48(93)94)55(100)73-33(10-7-17-67-63(65)66)54(99)79-49(31(6)84)61(106)81-19-9-12-42(81)58(103)77-38(62(107)108)21-29(3)4/h28-42,49,82-84H,7-27,64H2,1-6H3,(H,68,96)(H,69,97)(H,70,95)(H,71,85)(H,72,86)(H,73,100)(H,74,98)(H,75,102)(H,76,101)(H,77,103)(H,78,104)(H,79,99)(H,87,88)(H,89,90)(H,91,92)(H,93,94)(H,107,108)(H4,65,66,67)/t30-,31+,32-,33-,34-,35-,36-,37-,38-,39-,40-,41-,42-,49-/m0/s1. The van der Waals surface area contributed by atoms with E-state index in [1.807, 2.05) is 40.4 Å². The van der Waals surface area contributed by atoms with Gasteiger partial charge in [-0.2, -0.15) is 0 Å². The van der Waals surface area contributed by atoms with Crippen molar-refractivity contribution in [2.75, 3.05) is 45.9 Å². The summed E-state index contributed by atoms with van der Waals surface area (Å²) in [7, 11) is 0. The molecule has 45 heteroatoms. The smallest absolute Gasteiger partial charge is 0.326 e. The molecular weight excluding hydrogens is 1440 g/mol. The Hall–Kier alpha value is -11.0. The highest BCUT2D eigenvalue weighted by atomic mass is 16.4. The van der Waals surface area contributed by atoms with Crippen LogP contribution in [0.15, 0.2) is 4.99 Å². The molecule has 0 radical (unpaired) electrons. The molecule has 0 spiro atoms. The summed E-state index contributed by atoms with van der Waals surface area (Å²) in [4.78, 5) is 254. The fourth-order valence-electron chi connectivity index (χ4n) is 11.1. The lowest BCUT2D eigenvalue weighted by Crippen LogP contribution is -2.61. The molecule has 0 aromatic carbocycles. The van der Waals surface area contributed by atoms with E-state index in [1.54, 1.807) is 13.8 Å². The third-order valence-electron chi connectivity index (χ3n) is 16.5. The first-order valence-electron chi connectivity index (χ1n) is 34.5. The highest BCUT2D eigenvalue weighted by molar-refractivity contribution is 6.01. The molecule has 0 bridgehead atoms. The Bertz CT molecular complexity index is 3280. The summed E-state index contributed by atoms with van der Waals surface area (Å²) in [6.07, 6.45) is -6.78. The van der Waals surface area contributed by atoms with Gasteiger partial charge in [-0.05, 0) is 89.9 Å². The van der Waals surface area contributed by atoms with Crippen molar-refractivity contribution in [1.29, 1.82) is 0 Å². The number of hydrogen-bond donors (Lipinski definition) is 23. The summed E-state index contributed by atoms with van der Waals surface area (Å²) in [6.45, 7) is 4.71. The van der Waals surface area contributed by atoms with E-state index in [4.69, 9.17) is 17.2 Å². The van der Waals surface area contributed by atoms with Gasteiger partial charge in [-0.15, -0.1) is 0 Å². The first-order chi connectivity index (χ1) is 50.5. The SMILES string of the molecule is CC(C)C[C@H](NC(=O)[C@@H]1CCCN1C(=O)[C@@H](NC(=O)[C@H](CCCN=C(N)N)NC(=O)[C@H](CC(=O)O)NC(=O)[C@H](CO)NC(=O)CNC(=O)[C@H](CCC(=O)O)NC(=O)[C@H](CCC(=O)O)NC(=O)CNC(=O)[C@H](CC(=O)O)NC(=O)[C@H](CO)NC(=O)[C@@H]1CCCN1C(=O)[C@H](C)NC(=O)[C@@H](N)CC(C)C)[C@@H](C)O)C(=O)O. The predicted molar refractivity (Wildman–Crippen MR) is 369 cm³/mol. The average molecular weight is 1540 g/mol. The minimum Gasteiger partial charge on any atom is -0.481 e. The van der Waals surface area contributed by atoms with Gasteiger partial charge in [0, 0.05) is 32.5 Å². The van der Waals surface area contributed by atoms with Gasteiger partial charge in [-0.25, -0.2) is 4.79 Å². The van der Waals surface area contributed by atoms with Crippen molar-refractivity contribution in [2.24, 2.45) is 34.0 Å². The second kappa shape index (κ2) is 46.2. The van der Waals surface area contributed by atoms with Gasteiger partial charge in [-0.1, -0.05) is 27.7 Å². The molecule has 2 heterocycles. The zero-order valence-corrected chi connectivity index (χ0v) is 60.5. The molecule has 26 N–H and O–H groups in total. The number of nitrogens with zero attached hydrogens (tertiary/aromatic N) is 3. The van der Waals surface area contributed by atoms with E-state index in [2.05, 4.69) is 42.2 Å². The number of rotatable bonds is 48. The number of likely N-dealkylation sites (tertiary alicyclic amines) is 2. The van der Waals surface area contributed by atoms with Crippen LogP contribution in [-0.4, -0.2) is 300 Å². The Morgan fingerprint density at radius 1 is 0.444 bits per heavy atom. The predicted octanol–water partition coefficient (Wildman–Crippen LogP) is -10.3. The Balaban J connectivity index is 2.24. The molecule has 14 amide bonds. The summed E-state index contributed by atoms with van der Waals surface area (Å²) in [6, 6.07) is -21.4. The van der Waals surface area contributed by atoms with Crippen LogP contribution in [0.4, 0.5) is 0 Å². The number of carboxylic acid groups (broad SMARTS) is 5. The molecule has 0 aromatic heterocycles. The number of carbonyl (C=O) groups excluding carboxylic acids is 14. The zero-order valence-electron chi connectivity index (χ0n) is 60.5. The third kappa shape index (κ3) is 32.8. The normalized spacial score (nSPS) is 17.2. The molecule has 0 unspecified atom stereocenters. The number of aliphatic hydroxyl groups is 3. The van der Waals surface area contributed by atoms with Crippen molar-refractivity contribution in [2.45, 2.75) is 216 Å². The van der Waals surface area contributed by atoms with Gasteiger partial charge < -0.3 is 132 Å². The van der Waals surface area contributed by atoms with Crippen molar-refractivity contribution in [3.05, 3.63) is 0 Å². The molecule has 0 aromatic rings. The Morgan fingerprint density at radius 2 is 0.833 bits per heavy atom. The monoisotopic (exact) mass is 1540 g/mol. The molecule has 108 heavy (non-hydrogen) atoms. The van der Waals surface area contributed by atoms with E-state index in [9.17, 15) is 132 Å². The van der Waals surface area contributed by atoms with E-state index in [-0.39, 0.29) is 76.0 Å². The Kier molecular flexibility index (Phi) is 39.8. The minimum atomic E-state index is -2.14. The number of aliphatic carboxylic acids is 5. The van der Waals surface area contributed by atoms with Gasteiger partial charge in [0.15, 0.2) is 5.96 Å². The lowest BCUT2D eigenvalue weighted by Gasteiger charge is -2.31. The molecule has 2 rings (SSSR count). The number of aliphatic hydroxyl groups excluding tert-OH is 3. The highest BCUT2D eigenvalue weighted by Crippen LogP contribution is 2.22. The van der Waals surface area contributed by atoms with Crippen molar-refractivity contribution in [3.8, 4) is 0 Å². The molecule has 45 nitrogen and oxygen atoms in total. The first-order valence-corrected chi connectivity index (χ1v) is 34.5. The van der Waals surface area contributed by atoms with Crippen LogP contribution in [0.5, 0.6) is 0 Å². The number of guanidine groups is 1. The van der Waals surface area contributed by atoms with E-state index >= 15 is 0 Å². The Morgan fingerprint density at radius 3 is 1.27 bits per heavy atom. The maximum atomic E-state index is 14.0. The third-order valence-corrected chi connectivity index (χ3v) is 16.5. The lowest BCUT2D eigenvalue weighted by atomic mass is 10.0. The molecular formula is C63H102N18O27. The van der Waals surface area contributed by atoms with E-state index in [0.717, 1.165) is 16.7 Å².